The molecule has 0 radical (unpaired) electrons. The Bertz CT molecular complexity index is 1360. The van der Waals surface area contributed by atoms with E-state index in [0.717, 1.165) is 18.5 Å². The number of hydrogen-bond acceptors (Lipinski definition) is 8. The van der Waals surface area contributed by atoms with Crippen LogP contribution in [0.25, 0.3) is 5.57 Å². The quantitative estimate of drug-likeness (QED) is 0.229. The molecule has 2 aromatic rings. The Labute approximate surface area is 223 Å². The Kier molecular flexibility index (Phi) is 8.58. The smallest absolute Gasteiger partial charge is 0.280 e. The van der Waals surface area contributed by atoms with Gasteiger partial charge in [-0.1, -0.05) is 24.5 Å². The number of hydrogen-bond donors (Lipinski definition) is 2. The molecule has 38 heavy (non-hydrogen) atoms. The number of thioether (sulfide) groups is 1. The fraction of sp³-hybridized carbons (Fsp3) is 0.346. The molecule has 2 aliphatic rings. The zero-order valence-electron chi connectivity index (χ0n) is 21.2. The number of aliphatic imine (C=N–C) groups is 1. The predicted octanol–water partition coefficient (Wildman–Crippen LogP) is 3.74. The Morgan fingerprint density at radius 1 is 1.42 bits per heavy atom. The number of nitrogens with one attached hydrogen (secondary N) is 2. The van der Waals surface area contributed by atoms with Crippen LogP contribution in [-0.4, -0.2) is 44.5 Å². The number of carbonyl (C=O) groups excluding carboxylic acids is 1. The van der Waals surface area contributed by atoms with Gasteiger partial charge in [0.1, 0.15) is 11.4 Å². The maximum Gasteiger partial charge on any atom is 0.280 e. The Hall–Kier alpha value is -3.98. The van der Waals surface area contributed by atoms with Crippen molar-refractivity contribution in [3.05, 3.63) is 59.2 Å². The van der Waals surface area contributed by atoms with Crippen LogP contribution in [0.15, 0.2) is 46.7 Å². The van der Waals surface area contributed by atoms with Crippen molar-refractivity contribution in [2.75, 3.05) is 7.11 Å². The van der Waals surface area contributed by atoms with E-state index in [1.807, 2.05) is 20.0 Å². The molecule has 1 fully saturated rings. The molecular weight excluding hydrogens is 512 g/mol. The zero-order valence-corrected chi connectivity index (χ0v) is 22.0. The summed E-state index contributed by atoms with van der Waals surface area (Å²) >= 11 is 1.27. The molecular formula is C26H27F2N7O2S. The number of alkyl halides is 2. The highest BCUT2D eigenvalue weighted by molar-refractivity contribution is 8.14. The van der Waals surface area contributed by atoms with Gasteiger partial charge in [0.2, 0.25) is 0 Å². The highest BCUT2D eigenvalue weighted by Crippen LogP contribution is 2.32. The molecule has 0 saturated heterocycles. The number of carbonyl (C=O) groups is 1. The number of rotatable bonds is 8. The fourth-order valence-electron chi connectivity index (χ4n) is 3.50. The fourth-order valence-corrected chi connectivity index (χ4v) is 4.21. The minimum absolute atomic E-state index is 0.0770. The van der Waals surface area contributed by atoms with Crippen molar-refractivity contribution in [1.82, 2.24) is 25.5 Å². The summed E-state index contributed by atoms with van der Waals surface area (Å²) in [4.78, 5) is 21.6. The third kappa shape index (κ3) is 6.66. The van der Waals surface area contributed by atoms with Gasteiger partial charge < -0.3 is 4.74 Å². The first kappa shape index (κ1) is 27.1. The summed E-state index contributed by atoms with van der Waals surface area (Å²) in [5, 5.41) is 11.3. The minimum Gasteiger partial charge on any atom is -0.494 e. The van der Waals surface area contributed by atoms with E-state index in [2.05, 4.69) is 49.3 Å². The van der Waals surface area contributed by atoms with E-state index in [0.29, 0.717) is 16.8 Å². The molecule has 198 valence electrons. The SMILES string of the molecule is C=C/C(=C(\C=NCc1cc(C)n(C)n1)C(=O)NC1=NNC(C#CC2CC2)S1)c1cc(C(F)F)ncc1OC. The Morgan fingerprint density at radius 3 is 2.84 bits per heavy atom. The van der Waals surface area contributed by atoms with Crippen LogP contribution in [0.4, 0.5) is 8.78 Å². The lowest BCUT2D eigenvalue weighted by Gasteiger charge is -2.14. The lowest BCUT2D eigenvalue weighted by atomic mass is 9.99. The van der Waals surface area contributed by atoms with Crippen LogP contribution in [-0.2, 0) is 18.4 Å². The predicted molar refractivity (Wildman–Crippen MR) is 144 cm³/mol. The molecule has 0 aromatic carbocycles. The second kappa shape index (κ2) is 12.0. The number of ether oxygens (including phenoxy) is 1. The van der Waals surface area contributed by atoms with Gasteiger partial charge in [0, 0.05) is 30.4 Å². The molecule has 1 aliphatic heterocycles. The highest BCUT2D eigenvalue weighted by Gasteiger charge is 2.25. The third-order valence-electron chi connectivity index (χ3n) is 5.73. The van der Waals surface area contributed by atoms with Crippen LogP contribution in [0.3, 0.4) is 0 Å². The van der Waals surface area contributed by atoms with Crippen LogP contribution in [0.2, 0.25) is 0 Å². The first-order chi connectivity index (χ1) is 18.3. The number of aromatic nitrogens is 3. The van der Waals surface area contributed by atoms with Crippen molar-refractivity contribution < 1.29 is 18.3 Å². The Morgan fingerprint density at radius 2 is 2.21 bits per heavy atom. The van der Waals surface area contributed by atoms with Crippen molar-refractivity contribution >= 4 is 34.6 Å². The van der Waals surface area contributed by atoms with Gasteiger partial charge in [0.25, 0.3) is 12.3 Å². The number of nitrogens with zero attached hydrogens (tertiary/aromatic N) is 5. The first-order valence-corrected chi connectivity index (χ1v) is 12.7. The van der Waals surface area contributed by atoms with E-state index < -0.39 is 18.0 Å². The molecule has 2 N–H and O–H groups in total. The normalized spacial score (nSPS) is 17.4. The summed E-state index contributed by atoms with van der Waals surface area (Å²) < 4.78 is 34.0. The number of allylic oxidation sites excluding steroid dienone is 2. The summed E-state index contributed by atoms with van der Waals surface area (Å²) in [6.45, 7) is 5.94. The van der Waals surface area contributed by atoms with Gasteiger partial charge in [-0.05, 0) is 49.2 Å². The molecule has 1 saturated carbocycles. The topological polar surface area (TPSA) is 106 Å². The van der Waals surface area contributed by atoms with E-state index in [9.17, 15) is 13.6 Å². The number of halogens is 2. The molecule has 0 bridgehead atoms. The number of pyridine rings is 1. The average molecular weight is 540 g/mol. The van der Waals surface area contributed by atoms with E-state index >= 15 is 0 Å². The maximum absolute atomic E-state index is 13.5. The van der Waals surface area contributed by atoms with Gasteiger partial charge in [-0.15, -0.1) is 0 Å². The van der Waals surface area contributed by atoms with E-state index in [1.165, 1.54) is 43.4 Å². The number of aryl methyl sites for hydroxylation is 2. The number of hydrazone groups is 1. The number of methoxy groups -OCH3 is 1. The lowest BCUT2D eigenvalue weighted by molar-refractivity contribution is -0.115. The van der Waals surface area contributed by atoms with E-state index in [1.54, 1.807) is 4.68 Å². The Balaban J connectivity index is 1.66. The highest BCUT2D eigenvalue weighted by atomic mass is 32.2. The van der Waals surface area contributed by atoms with Crippen molar-refractivity contribution in [1.29, 1.82) is 0 Å². The van der Waals surface area contributed by atoms with Gasteiger partial charge in [0.05, 0.1) is 31.1 Å². The van der Waals surface area contributed by atoms with Gasteiger partial charge >= 0.3 is 0 Å². The van der Waals surface area contributed by atoms with Gasteiger partial charge in [-0.3, -0.25) is 30.2 Å². The maximum atomic E-state index is 13.5. The summed E-state index contributed by atoms with van der Waals surface area (Å²) in [6, 6.07) is 3.06. The number of amides is 1. The number of amidine groups is 1. The van der Waals surface area contributed by atoms with Gasteiger partial charge in [-0.25, -0.2) is 8.78 Å². The van der Waals surface area contributed by atoms with Crippen LogP contribution in [0, 0.1) is 24.7 Å². The largest absolute Gasteiger partial charge is 0.494 e. The second-order valence-electron chi connectivity index (χ2n) is 8.57. The molecule has 2 aromatic heterocycles. The molecule has 1 aliphatic carbocycles. The van der Waals surface area contributed by atoms with Crippen molar-refractivity contribution in [3.8, 4) is 17.6 Å². The zero-order chi connectivity index (χ0) is 27.2. The standard InChI is InChI=1S/C26H27F2N7O2S/c1-5-18(19-11-21(24(27)28)30-14-22(19)37-4)20(13-29-12-17-10-15(2)35(3)34-17)25(36)31-26-33-32-23(38-26)9-8-16-6-7-16/h5,10-11,13-14,16,23-24,32H,1,6-7,12H2,2-4H3,(H,31,33,36)/b20-18-,29-13?. The average Bonchev–Trinajstić information content (AvgIpc) is 3.54. The van der Waals surface area contributed by atoms with Gasteiger partial charge in [-0.2, -0.15) is 10.2 Å². The van der Waals surface area contributed by atoms with Crippen molar-refractivity contribution in [2.24, 2.45) is 23.1 Å². The molecule has 0 spiro atoms. The first-order valence-electron chi connectivity index (χ1n) is 11.8. The molecule has 12 heteroatoms. The summed E-state index contributed by atoms with van der Waals surface area (Å²) in [5.74, 6) is 6.36. The van der Waals surface area contributed by atoms with Crippen molar-refractivity contribution in [3.63, 3.8) is 0 Å². The molecule has 1 unspecified atom stereocenters. The minimum atomic E-state index is -2.81. The molecule has 9 nitrogen and oxygen atoms in total. The van der Waals surface area contributed by atoms with Crippen molar-refractivity contribution in [2.45, 2.75) is 38.1 Å². The van der Waals surface area contributed by atoms with E-state index in [-0.39, 0.29) is 34.4 Å². The van der Waals surface area contributed by atoms with Crippen LogP contribution >= 0.6 is 11.8 Å². The third-order valence-corrected chi connectivity index (χ3v) is 6.60. The summed E-state index contributed by atoms with van der Waals surface area (Å²) in [6.07, 6.45) is 3.36. The molecule has 4 rings (SSSR count). The van der Waals surface area contributed by atoms with E-state index in [4.69, 9.17) is 4.74 Å². The second-order valence-corrected chi connectivity index (χ2v) is 9.67. The molecule has 1 atom stereocenters. The van der Waals surface area contributed by atoms with Crippen LogP contribution < -0.4 is 15.5 Å². The lowest BCUT2D eigenvalue weighted by Crippen LogP contribution is -2.30. The van der Waals surface area contributed by atoms with Crippen LogP contribution in [0.5, 0.6) is 5.75 Å². The van der Waals surface area contributed by atoms with Crippen LogP contribution in [0.1, 0.15) is 41.9 Å². The summed E-state index contributed by atoms with van der Waals surface area (Å²) in [5.41, 5.74) is 4.64. The monoisotopic (exact) mass is 539 g/mol. The molecule has 3 heterocycles. The molecule has 1 amide bonds. The summed E-state index contributed by atoms with van der Waals surface area (Å²) in [7, 11) is 3.21. The van der Waals surface area contributed by atoms with Gasteiger partial charge in [0.15, 0.2) is 10.5 Å².